The van der Waals surface area contributed by atoms with Crippen LogP contribution < -0.4 is 10.2 Å². The van der Waals surface area contributed by atoms with E-state index in [1.165, 1.54) is 19.6 Å². The number of methoxy groups -OCH3 is 1. The maximum atomic E-state index is 11.7. The number of ether oxygens (including phenoxy) is 1. The lowest BCUT2D eigenvalue weighted by molar-refractivity contribution is -0.137. The number of aryl methyl sites for hydroxylation is 1. The zero-order valence-corrected chi connectivity index (χ0v) is 12.5. The minimum absolute atomic E-state index is 0.0271. The molecular formula is C16H16N2O5. The molecule has 7 nitrogen and oxygen atoms in total. The van der Waals surface area contributed by atoms with Crippen molar-refractivity contribution in [3.8, 4) is 11.5 Å². The number of Topliss-reactive ketones (excluding diaryl/α,β-unsaturated/α-hetero) is 1. The Morgan fingerprint density at radius 2 is 2.17 bits per heavy atom. The summed E-state index contributed by atoms with van der Waals surface area (Å²) in [5, 5.41) is 13.5. The first kappa shape index (κ1) is 16.3. The molecule has 0 atom stereocenters. The molecule has 1 aromatic heterocycles. The molecule has 0 fully saturated rings. The third-order valence-electron chi connectivity index (χ3n) is 3.05. The van der Waals surface area contributed by atoms with Crippen LogP contribution in [0.1, 0.15) is 17.7 Å². The van der Waals surface area contributed by atoms with Crippen molar-refractivity contribution in [2.45, 2.75) is 12.8 Å². The lowest BCUT2D eigenvalue weighted by atomic mass is 10.2. The first-order valence-electron chi connectivity index (χ1n) is 6.86. The molecule has 0 aliphatic heterocycles. The second kappa shape index (κ2) is 7.79. The van der Waals surface area contributed by atoms with E-state index in [0.29, 0.717) is 17.7 Å². The highest BCUT2D eigenvalue weighted by atomic mass is 16.5. The van der Waals surface area contributed by atoms with Crippen LogP contribution in [0.2, 0.25) is 0 Å². The molecule has 120 valence electrons. The van der Waals surface area contributed by atoms with Gasteiger partial charge in [0.15, 0.2) is 11.5 Å². The van der Waals surface area contributed by atoms with Gasteiger partial charge >= 0.3 is 5.91 Å². The van der Waals surface area contributed by atoms with E-state index in [0.717, 1.165) is 0 Å². The lowest BCUT2D eigenvalue weighted by Gasteiger charge is -2.04. The van der Waals surface area contributed by atoms with Gasteiger partial charge in [-0.2, -0.15) is 5.10 Å². The van der Waals surface area contributed by atoms with Crippen LogP contribution in [0.15, 0.2) is 46.1 Å². The molecule has 0 aliphatic carbocycles. The summed E-state index contributed by atoms with van der Waals surface area (Å²) in [5.74, 6) is -0.605. The summed E-state index contributed by atoms with van der Waals surface area (Å²) in [6.07, 6.45) is 3.11. The number of amides is 1. The Balaban J connectivity index is 1.87. The number of ketones is 1. The molecule has 2 rings (SSSR count). The molecule has 0 radical (unpaired) electrons. The molecule has 1 aromatic carbocycles. The number of para-hydroxylation sites is 1. The summed E-state index contributed by atoms with van der Waals surface area (Å²) in [7, 11) is 1.43. The average Bonchev–Trinajstić information content (AvgIpc) is 3.07. The summed E-state index contributed by atoms with van der Waals surface area (Å²) in [5.41, 5.74) is 2.48. The Morgan fingerprint density at radius 3 is 2.87 bits per heavy atom. The van der Waals surface area contributed by atoms with Gasteiger partial charge in [-0.25, -0.2) is 5.43 Å². The number of furan rings is 1. The van der Waals surface area contributed by atoms with Crippen LogP contribution in [-0.4, -0.2) is 30.1 Å². The van der Waals surface area contributed by atoms with Crippen molar-refractivity contribution in [3.05, 3.63) is 47.9 Å². The van der Waals surface area contributed by atoms with Crippen LogP contribution in [0.4, 0.5) is 0 Å². The van der Waals surface area contributed by atoms with Gasteiger partial charge in [-0.1, -0.05) is 6.07 Å². The van der Waals surface area contributed by atoms with Gasteiger partial charge < -0.3 is 14.3 Å². The number of phenols is 1. The van der Waals surface area contributed by atoms with Crippen molar-refractivity contribution in [1.82, 2.24) is 5.43 Å². The van der Waals surface area contributed by atoms with Gasteiger partial charge in [0.25, 0.3) is 0 Å². The van der Waals surface area contributed by atoms with Crippen LogP contribution >= 0.6 is 0 Å². The Bertz CT molecular complexity index is 707. The predicted octanol–water partition coefficient (Wildman–Crippen LogP) is 1.65. The average molecular weight is 316 g/mol. The smallest absolute Gasteiger partial charge is 0.307 e. The molecule has 1 amide bonds. The molecule has 23 heavy (non-hydrogen) atoms. The molecule has 7 heteroatoms. The van der Waals surface area contributed by atoms with Gasteiger partial charge in [0, 0.05) is 18.4 Å². The Morgan fingerprint density at radius 1 is 1.35 bits per heavy atom. The maximum absolute atomic E-state index is 11.7. The third-order valence-corrected chi connectivity index (χ3v) is 3.05. The van der Waals surface area contributed by atoms with Gasteiger partial charge in [0.1, 0.15) is 5.76 Å². The van der Waals surface area contributed by atoms with E-state index in [9.17, 15) is 14.7 Å². The fraction of sp³-hybridized carbons (Fsp3) is 0.188. The number of carbonyl (C=O) groups excluding carboxylic acids is 2. The van der Waals surface area contributed by atoms with E-state index in [-0.39, 0.29) is 17.9 Å². The summed E-state index contributed by atoms with van der Waals surface area (Å²) < 4.78 is 10.0. The van der Waals surface area contributed by atoms with E-state index in [4.69, 9.17) is 9.15 Å². The third kappa shape index (κ3) is 4.44. The SMILES string of the molecule is COc1cccc(/C=N/NC(=O)C(=O)CCc2ccco2)c1O. The molecule has 2 aromatic rings. The van der Waals surface area contributed by atoms with Crippen molar-refractivity contribution in [1.29, 1.82) is 0 Å². The van der Waals surface area contributed by atoms with Gasteiger partial charge in [-0.15, -0.1) is 0 Å². The van der Waals surface area contributed by atoms with Crippen LogP contribution in [0.25, 0.3) is 0 Å². The zero-order chi connectivity index (χ0) is 16.7. The molecule has 0 aliphatic rings. The second-order valence-corrected chi connectivity index (χ2v) is 4.60. The number of hydrazone groups is 1. The fourth-order valence-electron chi connectivity index (χ4n) is 1.84. The first-order chi connectivity index (χ1) is 11.1. The fourth-order valence-corrected chi connectivity index (χ4v) is 1.84. The number of hydrogen-bond acceptors (Lipinski definition) is 6. The Labute approximate surface area is 132 Å². The highest BCUT2D eigenvalue weighted by molar-refractivity contribution is 6.36. The van der Waals surface area contributed by atoms with Crippen LogP contribution in [0.5, 0.6) is 11.5 Å². The molecular weight excluding hydrogens is 300 g/mol. The van der Waals surface area contributed by atoms with Crippen molar-refractivity contribution < 1.29 is 23.8 Å². The molecule has 0 unspecified atom stereocenters. The topological polar surface area (TPSA) is 101 Å². The van der Waals surface area contributed by atoms with E-state index in [1.54, 1.807) is 30.3 Å². The van der Waals surface area contributed by atoms with E-state index in [1.807, 2.05) is 0 Å². The molecule has 0 saturated heterocycles. The van der Waals surface area contributed by atoms with Gasteiger partial charge in [-0.3, -0.25) is 9.59 Å². The number of benzene rings is 1. The quantitative estimate of drug-likeness (QED) is 0.459. The molecule has 1 heterocycles. The number of hydrogen-bond donors (Lipinski definition) is 2. The van der Waals surface area contributed by atoms with Crippen LogP contribution in [-0.2, 0) is 16.0 Å². The summed E-state index contributed by atoms with van der Waals surface area (Å²) in [4.78, 5) is 23.3. The highest BCUT2D eigenvalue weighted by Crippen LogP contribution is 2.27. The summed E-state index contributed by atoms with van der Waals surface area (Å²) in [6.45, 7) is 0. The minimum atomic E-state index is -0.824. The number of aromatic hydroxyl groups is 1. The largest absolute Gasteiger partial charge is 0.504 e. The molecule has 0 saturated carbocycles. The van der Waals surface area contributed by atoms with E-state index < -0.39 is 11.7 Å². The number of nitrogens with zero attached hydrogens (tertiary/aromatic N) is 1. The van der Waals surface area contributed by atoms with Crippen LogP contribution in [0, 0.1) is 0 Å². The number of carbonyl (C=O) groups is 2. The Kier molecular flexibility index (Phi) is 5.51. The van der Waals surface area contributed by atoms with Crippen molar-refractivity contribution in [2.24, 2.45) is 5.10 Å². The first-order valence-corrected chi connectivity index (χ1v) is 6.86. The summed E-state index contributed by atoms with van der Waals surface area (Å²) in [6, 6.07) is 8.28. The summed E-state index contributed by atoms with van der Waals surface area (Å²) >= 11 is 0. The standard InChI is InChI=1S/C16H16N2O5/c1-22-14-6-2-4-11(15(14)20)10-17-18-16(21)13(19)8-7-12-5-3-9-23-12/h2-6,9-10,20H,7-8H2,1H3,(H,18,21)/b17-10+. The van der Waals surface area contributed by atoms with Crippen LogP contribution in [0.3, 0.4) is 0 Å². The normalized spacial score (nSPS) is 10.7. The van der Waals surface area contributed by atoms with Crippen molar-refractivity contribution in [3.63, 3.8) is 0 Å². The predicted molar refractivity (Wildman–Crippen MR) is 82.4 cm³/mol. The minimum Gasteiger partial charge on any atom is -0.504 e. The number of nitrogens with one attached hydrogen (secondary N) is 1. The maximum Gasteiger partial charge on any atom is 0.307 e. The Hall–Kier alpha value is -3.09. The second-order valence-electron chi connectivity index (χ2n) is 4.60. The number of rotatable bonds is 7. The highest BCUT2D eigenvalue weighted by Gasteiger charge is 2.13. The van der Waals surface area contributed by atoms with Gasteiger partial charge in [-0.05, 0) is 24.3 Å². The molecule has 0 spiro atoms. The van der Waals surface area contributed by atoms with Gasteiger partial charge in [0.2, 0.25) is 5.78 Å². The van der Waals surface area contributed by atoms with E-state index in [2.05, 4.69) is 10.5 Å². The lowest BCUT2D eigenvalue weighted by Crippen LogP contribution is -2.27. The molecule has 0 bridgehead atoms. The van der Waals surface area contributed by atoms with Gasteiger partial charge in [0.05, 0.1) is 19.6 Å². The molecule has 2 N–H and O–H groups in total. The number of phenolic OH excluding ortho intramolecular Hbond substituents is 1. The monoisotopic (exact) mass is 316 g/mol. The van der Waals surface area contributed by atoms with Crippen molar-refractivity contribution >= 4 is 17.9 Å². The zero-order valence-electron chi connectivity index (χ0n) is 12.5. The van der Waals surface area contributed by atoms with Crippen molar-refractivity contribution in [2.75, 3.05) is 7.11 Å². The van der Waals surface area contributed by atoms with E-state index >= 15 is 0 Å².